The van der Waals surface area contributed by atoms with Crippen LogP contribution in [-0.4, -0.2) is 24.0 Å². The van der Waals surface area contributed by atoms with Crippen LogP contribution in [0.3, 0.4) is 0 Å². The average Bonchev–Trinajstić information content (AvgIpc) is 2.66. The van der Waals surface area contributed by atoms with Crippen molar-refractivity contribution in [2.45, 2.75) is 12.8 Å². The molecule has 6 nitrogen and oxygen atoms in total. The van der Waals surface area contributed by atoms with Gasteiger partial charge in [0, 0.05) is 28.6 Å². The molecule has 2 aromatic carbocycles. The quantitative estimate of drug-likeness (QED) is 0.678. The Hall–Kier alpha value is -3.48. The van der Waals surface area contributed by atoms with Gasteiger partial charge in [-0.3, -0.25) is 9.59 Å². The summed E-state index contributed by atoms with van der Waals surface area (Å²) in [5, 5.41) is 3.24. The number of fused-ring (bicyclic) bond motifs is 1. The van der Waals surface area contributed by atoms with E-state index < -0.39 is 11.8 Å². The van der Waals surface area contributed by atoms with Crippen molar-refractivity contribution in [1.82, 2.24) is 4.98 Å². The molecule has 1 aromatic heterocycles. The van der Waals surface area contributed by atoms with Gasteiger partial charge in [-0.2, -0.15) is 0 Å². The van der Waals surface area contributed by atoms with Crippen molar-refractivity contribution < 1.29 is 18.7 Å². The number of methoxy groups -OCH3 is 1. The van der Waals surface area contributed by atoms with Crippen LogP contribution in [0.1, 0.15) is 22.3 Å². The first-order valence-corrected chi connectivity index (χ1v) is 8.26. The number of amides is 1. The molecule has 1 heterocycles. The van der Waals surface area contributed by atoms with E-state index in [-0.39, 0.29) is 24.3 Å². The average molecular weight is 368 g/mol. The van der Waals surface area contributed by atoms with E-state index >= 15 is 0 Å². The van der Waals surface area contributed by atoms with E-state index in [0.29, 0.717) is 27.7 Å². The lowest BCUT2D eigenvalue weighted by atomic mass is 10.1. The third kappa shape index (κ3) is 4.38. The number of benzene rings is 2. The number of anilines is 1. The maximum atomic E-state index is 13.4. The van der Waals surface area contributed by atoms with Crippen molar-refractivity contribution in [3.8, 4) is 0 Å². The zero-order valence-corrected chi connectivity index (χ0v) is 14.5. The first-order chi connectivity index (χ1) is 13.0. The number of aryl methyl sites for hydroxylation is 1. The second-order valence-electron chi connectivity index (χ2n) is 5.98. The third-order valence-corrected chi connectivity index (χ3v) is 4.07. The zero-order chi connectivity index (χ0) is 19.4. The maximum absolute atomic E-state index is 13.4. The van der Waals surface area contributed by atoms with Gasteiger partial charge in [0.15, 0.2) is 0 Å². The molecule has 3 aromatic rings. The number of pyridine rings is 1. The van der Waals surface area contributed by atoms with Crippen molar-refractivity contribution in [2.75, 3.05) is 12.4 Å². The summed E-state index contributed by atoms with van der Waals surface area (Å²) < 4.78 is 18.0. The van der Waals surface area contributed by atoms with Crippen LogP contribution in [-0.2, 0) is 16.0 Å². The van der Waals surface area contributed by atoms with Crippen LogP contribution >= 0.6 is 0 Å². The molecule has 2 N–H and O–H groups in total. The van der Waals surface area contributed by atoms with Crippen LogP contribution in [0.15, 0.2) is 53.3 Å². The van der Waals surface area contributed by atoms with Crippen molar-refractivity contribution in [3.63, 3.8) is 0 Å². The maximum Gasteiger partial charge on any atom is 0.337 e. The number of hydrogen-bond donors (Lipinski definition) is 2. The van der Waals surface area contributed by atoms with Gasteiger partial charge >= 0.3 is 5.97 Å². The number of carbonyl (C=O) groups is 2. The summed E-state index contributed by atoms with van der Waals surface area (Å²) in [6.07, 6.45) is 0.261. The third-order valence-electron chi connectivity index (χ3n) is 4.07. The Morgan fingerprint density at radius 3 is 2.74 bits per heavy atom. The number of nitrogens with one attached hydrogen (secondary N) is 2. The highest BCUT2D eigenvalue weighted by Crippen LogP contribution is 2.15. The number of esters is 1. The Morgan fingerprint density at radius 1 is 1.15 bits per heavy atom. The molecule has 0 radical (unpaired) electrons. The number of rotatable bonds is 5. The molecular weight excluding hydrogens is 351 g/mol. The smallest absolute Gasteiger partial charge is 0.337 e. The van der Waals surface area contributed by atoms with Crippen molar-refractivity contribution in [1.29, 1.82) is 0 Å². The lowest BCUT2D eigenvalue weighted by Gasteiger charge is -2.07. The van der Waals surface area contributed by atoms with E-state index in [4.69, 9.17) is 0 Å². The minimum absolute atomic E-state index is 0.0619. The highest BCUT2D eigenvalue weighted by Gasteiger charge is 2.10. The number of carbonyl (C=O) groups excluding carboxylic acids is 2. The SMILES string of the molecule is COC(=O)c1cccc(NC(=O)CCc2cc3cc(F)ccc3[nH]c2=O)c1. The molecule has 0 saturated heterocycles. The molecule has 1 amide bonds. The van der Waals surface area contributed by atoms with Gasteiger partial charge in [0.25, 0.3) is 5.56 Å². The molecule has 7 heteroatoms. The van der Waals surface area contributed by atoms with Crippen LogP contribution in [0.2, 0.25) is 0 Å². The highest BCUT2D eigenvalue weighted by atomic mass is 19.1. The summed E-state index contributed by atoms with van der Waals surface area (Å²) in [4.78, 5) is 38.5. The second-order valence-corrected chi connectivity index (χ2v) is 5.98. The highest BCUT2D eigenvalue weighted by molar-refractivity contribution is 5.94. The summed E-state index contributed by atoms with van der Waals surface area (Å²) in [5.41, 5.74) is 1.40. The minimum atomic E-state index is -0.499. The minimum Gasteiger partial charge on any atom is -0.465 e. The molecule has 0 saturated carbocycles. The van der Waals surface area contributed by atoms with Gasteiger partial charge in [0.1, 0.15) is 5.82 Å². The number of ether oxygens (including phenoxy) is 1. The Kier molecular flexibility index (Phi) is 5.30. The van der Waals surface area contributed by atoms with Crippen molar-refractivity contribution >= 4 is 28.5 Å². The lowest BCUT2D eigenvalue weighted by molar-refractivity contribution is -0.116. The summed E-state index contributed by atoms with van der Waals surface area (Å²) >= 11 is 0. The summed E-state index contributed by atoms with van der Waals surface area (Å²) in [5.74, 6) is -1.21. The van der Waals surface area contributed by atoms with E-state index in [9.17, 15) is 18.8 Å². The van der Waals surface area contributed by atoms with Gasteiger partial charge in [-0.05, 0) is 48.9 Å². The first kappa shape index (κ1) is 18.3. The number of aromatic amines is 1. The zero-order valence-electron chi connectivity index (χ0n) is 14.5. The molecule has 0 fully saturated rings. The Morgan fingerprint density at radius 2 is 1.96 bits per heavy atom. The van der Waals surface area contributed by atoms with Crippen LogP contribution < -0.4 is 10.9 Å². The largest absolute Gasteiger partial charge is 0.465 e. The fraction of sp³-hybridized carbons (Fsp3) is 0.150. The summed E-state index contributed by atoms with van der Waals surface area (Å²) in [6.45, 7) is 0. The van der Waals surface area contributed by atoms with Crippen LogP contribution in [0, 0.1) is 5.82 Å². The normalized spacial score (nSPS) is 10.6. The molecule has 0 aliphatic rings. The molecule has 0 spiro atoms. The molecule has 3 rings (SSSR count). The van der Waals surface area contributed by atoms with E-state index in [1.807, 2.05) is 0 Å². The molecule has 0 atom stereocenters. The molecular formula is C20H17FN2O4. The second kappa shape index (κ2) is 7.82. The number of aromatic nitrogens is 1. The molecule has 0 bridgehead atoms. The van der Waals surface area contributed by atoms with Crippen LogP contribution in [0.25, 0.3) is 10.9 Å². The predicted molar refractivity (Wildman–Crippen MR) is 99.3 cm³/mol. The fourth-order valence-electron chi connectivity index (χ4n) is 2.72. The van der Waals surface area contributed by atoms with Gasteiger partial charge in [0.2, 0.25) is 5.91 Å². The van der Waals surface area contributed by atoms with E-state index in [1.54, 1.807) is 24.3 Å². The fourth-order valence-corrected chi connectivity index (χ4v) is 2.72. The number of halogens is 1. The number of hydrogen-bond acceptors (Lipinski definition) is 4. The van der Waals surface area contributed by atoms with Gasteiger partial charge in [-0.1, -0.05) is 6.07 Å². The summed E-state index contributed by atoms with van der Waals surface area (Å²) in [6, 6.07) is 12.0. The van der Waals surface area contributed by atoms with Crippen LogP contribution in [0.5, 0.6) is 0 Å². The van der Waals surface area contributed by atoms with Crippen molar-refractivity contribution in [3.05, 3.63) is 75.8 Å². The van der Waals surface area contributed by atoms with Crippen molar-refractivity contribution in [2.24, 2.45) is 0 Å². The molecule has 0 aliphatic heterocycles. The Labute approximate surface area is 154 Å². The molecule has 0 aliphatic carbocycles. The standard InChI is InChI=1S/C20H17FN2O4/c1-27-20(26)13-3-2-4-16(11-13)22-18(24)8-5-12-9-14-10-15(21)6-7-17(14)23-19(12)25/h2-4,6-7,9-11H,5,8H2,1H3,(H,22,24)(H,23,25). The molecule has 0 unspecified atom stereocenters. The predicted octanol–water partition coefficient (Wildman–Crippen LogP) is 3.03. The Balaban J connectivity index is 1.69. The lowest BCUT2D eigenvalue weighted by Crippen LogP contribution is -2.17. The monoisotopic (exact) mass is 368 g/mol. The first-order valence-electron chi connectivity index (χ1n) is 8.26. The molecule has 138 valence electrons. The number of H-pyrrole nitrogens is 1. The van der Waals surface area contributed by atoms with Gasteiger partial charge in [-0.25, -0.2) is 9.18 Å². The van der Waals surface area contributed by atoms with Crippen LogP contribution in [0.4, 0.5) is 10.1 Å². The van der Waals surface area contributed by atoms with E-state index in [0.717, 1.165) is 0 Å². The summed E-state index contributed by atoms with van der Waals surface area (Å²) in [7, 11) is 1.28. The van der Waals surface area contributed by atoms with Gasteiger partial charge < -0.3 is 15.0 Å². The molecule has 27 heavy (non-hydrogen) atoms. The van der Waals surface area contributed by atoms with E-state index in [2.05, 4.69) is 15.0 Å². The topological polar surface area (TPSA) is 88.3 Å². The van der Waals surface area contributed by atoms with E-state index in [1.165, 1.54) is 31.4 Å². The van der Waals surface area contributed by atoms with Gasteiger partial charge in [0.05, 0.1) is 12.7 Å². The Bertz CT molecular complexity index is 1080. The van der Waals surface area contributed by atoms with Gasteiger partial charge in [-0.15, -0.1) is 0 Å².